The first-order valence-corrected chi connectivity index (χ1v) is 8.32. The number of hydrogen-bond donors (Lipinski definition) is 2. The van der Waals surface area contributed by atoms with Gasteiger partial charge in [0.2, 0.25) is 0 Å². The molecular weight excluding hydrogens is 304 g/mol. The standard InChI is InChI=1S/C11H18N2O5S2/c1-4-20(15,16)9-7(12)8(11(14)18-3)19-10(9)13-5-6-17-2/h13H,4-6,12H2,1-3H3. The molecule has 1 heterocycles. The lowest BCUT2D eigenvalue weighted by atomic mass is 10.4. The Bertz CT molecular complexity index is 580. The van der Waals surface area contributed by atoms with E-state index >= 15 is 0 Å². The second-order valence-corrected chi connectivity index (χ2v) is 7.05. The van der Waals surface area contributed by atoms with E-state index in [1.807, 2.05) is 0 Å². The normalized spacial score (nSPS) is 11.3. The van der Waals surface area contributed by atoms with E-state index < -0.39 is 15.8 Å². The largest absolute Gasteiger partial charge is 0.465 e. The molecule has 0 saturated heterocycles. The highest BCUT2D eigenvalue weighted by Gasteiger charge is 2.28. The van der Waals surface area contributed by atoms with Gasteiger partial charge in [-0.25, -0.2) is 13.2 Å². The van der Waals surface area contributed by atoms with Crippen LogP contribution in [0.2, 0.25) is 0 Å². The van der Waals surface area contributed by atoms with Gasteiger partial charge in [0.25, 0.3) is 0 Å². The maximum Gasteiger partial charge on any atom is 0.350 e. The third kappa shape index (κ3) is 3.41. The summed E-state index contributed by atoms with van der Waals surface area (Å²) in [5.41, 5.74) is 5.74. The van der Waals surface area contributed by atoms with Gasteiger partial charge in [-0.2, -0.15) is 0 Å². The van der Waals surface area contributed by atoms with Crippen molar-refractivity contribution in [1.29, 1.82) is 0 Å². The minimum atomic E-state index is -3.54. The smallest absolute Gasteiger partial charge is 0.350 e. The first-order valence-electron chi connectivity index (χ1n) is 5.85. The number of anilines is 2. The lowest BCUT2D eigenvalue weighted by Gasteiger charge is -2.07. The molecule has 0 aromatic carbocycles. The van der Waals surface area contributed by atoms with Crippen LogP contribution in [0.1, 0.15) is 16.6 Å². The number of esters is 1. The molecule has 0 saturated carbocycles. The van der Waals surface area contributed by atoms with E-state index in [4.69, 9.17) is 10.5 Å². The van der Waals surface area contributed by atoms with Crippen LogP contribution in [0.5, 0.6) is 0 Å². The van der Waals surface area contributed by atoms with Crippen molar-refractivity contribution < 1.29 is 22.7 Å². The summed E-state index contributed by atoms with van der Waals surface area (Å²) in [4.78, 5) is 11.6. The average Bonchev–Trinajstić information content (AvgIpc) is 2.76. The maximum absolute atomic E-state index is 12.1. The van der Waals surface area contributed by atoms with Crippen molar-refractivity contribution in [3.8, 4) is 0 Å². The Morgan fingerprint density at radius 1 is 1.40 bits per heavy atom. The number of carbonyl (C=O) groups is 1. The number of nitrogens with two attached hydrogens (primary N) is 1. The Morgan fingerprint density at radius 3 is 2.55 bits per heavy atom. The van der Waals surface area contributed by atoms with Gasteiger partial charge in [0, 0.05) is 13.7 Å². The minimum absolute atomic E-state index is 0.0403. The average molecular weight is 322 g/mol. The minimum Gasteiger partial charge on any atom is -0.465 e. The van der Waals surface area contributed by atoms with E-state index in [1.54, 1.807) is 0 Å². The van der Waals surface area contributed by atoms with Crippen LogP contribution in [0, 0.1) is 0 Å². The van der Waals surface area contributed by atoms with Crippen molar-refractivity contribution in [2.45, 2.75) is 11.8 Å². The molecule has 1 aromatic heterocycles. The number of sulfone groups is 1. The van der Waals surface area contributed by atoms with Gasteiger partial charge in [0.15, 0.2) is 9.84 Å². The molecule has 0 aliphatic carbocycles. The molecule has 7 nitrogen and oxygen atoms in total. The topological polar surface area (TPSA) is 108 Å². The summed E-state index contributed by atoms with van der Waals surface area (Å²) in [5, 5.41) is 3.26. The SMILES string of the molecule is CCS(=O)(=O)c1c(NCCOC)sc(C(=O)OC)c1N. The van der Waals surface area contributed by atoms with Gasteiger partial charge >= 0.3 is 5.97 Å². The van der Waals surface area contributed by atoms with Crippen molar-refractivity contribution >= 4 is 37.8 Å². The Hall–Kier alpha value is -1.32. The zero-order valence-corrected chi connectivity index (χ0v) is 13.2. The van der Waals surface area contributed by atoms with E-state index in [1.165, 1.54) is 21.1 Å². The molecule has 0 unspecified atom stereocenters. The molecule has 9 heteroatoms. The van der Waals surface area contributed by atoms with Crippen molar-refractivity contribution in [2.75, 3.05) is 44.2 Å². The van der Waals surface area contributed by atoms with Gasteiger partial charge in [-0.05, 0) is 0 Å². The number of hydrogen-bond acceptors (Lipinski definition) is 8. The highest BCUT2D eigenvalue weighted by molar-refractivity contribution is 7.91. The fourth-order valence-corrected chi connectivity index (χ4v) is 4.12. The molecule has 0 spiro atoms. The van der Waals surface area contributed by atoms with E-state index in [9.17, 15) is 13.2 Å². The highest BCUT2D eigenvalue weighted by Crippen LogP contribution is 2.39. The molecular formula is C11H18N2O5S2. The van der Waals surface area contributed by atoms with Crippen LogP contribution in [0.3, 0.4) is 0 Å². The third-order valence-electron chi connectivity index (χ3n) is 2.55. The second-order valence-electron chi connectivity index (χ2n) is 3.82. The summed E-state index contributed by atoms with van der Waals surface area (Å²) in [6.07, 6.45) is 0. The highest BCUT2D eigenvalue weighted by atomic mass is 32.2. The molecule has 0 aliphatic rings. The number of thiophene rings is 1. The molecule has 0 radical (unpaired) electrons. The summed E-state index contributed by atoms with van der Waals surface area (Å²) < 4.78 is 33.7. The van der Waals surface area contributed by atoms with Gasteiger partial charge in [0.05, 0.1) is 25.2 Å². The number of methoxy groups -OCH3 is 2. The van der Waals surface area contributed by atoms with Crippen molar-refractivity contribution in [3.63, 3.8) is 0 Å². The van der Waals surface area contributed by atoms with Crippen LogP contribution in [0.25, 0.3) is 0 Å². The van der Waals surface area contributed by atoms with Crippen molar-refractivity contribution in [1.82, 2.24) is 0 Å². The van der Waals surface area contributed by atoms with E-state index in [-0.39, 0.29) is 21.2 Å². The lowest BCUT2D eigenvalue weighted by molar-refractivity contribution is 0.0607. The lowest BCUT2D eigenvalue weighted by Crippen LogP contribution is -2.12. The fourth-order valence-electron chi connectivity index (χ4n) is 1.51. The molecule has 0 fully saturated rings. The first kappa shape index (κ1) is 16.7. The summed E-state index contributed by atoms with van der Waals surface area (Å²) in [5.74, 6) is -0.757. The Morgan fingerprint density at radius 2 is 2.05 bits per heavy atom. The Balaban J connectivity index is 3.30. The number of carbonyl (C=O) groups excluding carboxylic acids is 1. The van der Waals surface area contributed by atoms with E-state index in [0.717, 1.165) is 11.3 Å². The molecule has 20 heavy (non-hydrogen) atoms. The molecule has 1 rings (SSSR count). The Labute approximate surface area is 122 Å². The summed E-state index contributed by atoms with van der Waals surface area (Å²) in [6.45, 7) is 2.32. The third-order valence-corrected chi connectivity index (χ3v) is 5.63. The molecule has 114 valence electrons. The van der Waals surface area contributed by atoms with Gasteiger partial charge < -0.3 is 20.5 Å². The molecule has 1 aromatic rings. The summed E-state index contributed by atoms with van der Waals surface area (Å²) in [6, 6.07) is 0. The predicted molar refractivity (Wildman–Crippen MR) is 78.2 cm³/mol. The number of nitrogens with one attached hydrogen (secondary N) is 1. The van der Waals surface area contributed by atoms with Crippen LogP contribution in [0.15, 0.2) is 4.90 Å². The second kappa shape index (κ2) is 6.91. The first-order chi connectivity index (χ1) is 9.38. The van der Waals surface area contributed by atoms with Gasteiger partial charge in [-0.1, -0.05) is 6.92 Å². The zero-order chi connectivity index (χ0) is 15.3. The monoisotopic (exact) mass is 322 g/mol. The van der Waals surface area contributed by atoms with E-state index in [2.05, 4.69) is 10.1 Å². The quantitative estimate of drug-likeness (QED) is 0.569. The van der Waals surface area contributed by atoms with Crippen LogP contribution >= 0.6 is 11.3 Å². The van der Waals surface area contributed by atoms with Crippen molar-refractivity contribution in [3.05, 3.63) is 4.88 Å². The molecule has 0 bridgehead atoms. The van der Waals surface area contributed by atoms with Crippen LogP contribution in [-0.2, 0) is 19.3 Å². The van der Waals surface area contributed by atoms with Crippen LogP contribution in [0.4, 0.5) is 10.7 Å². The molecule has 3 N–H and O–H groups in total. The molecule has 0 aliphatic heterocycles. The van der Waals surface area contributed by atoms with Crippen LogP contribution < -0.4 is 11.1 Å². The molecule has 0 amide bonds. The molecule has 0 atom stereocenters. The van der Waals surface area contributed by atoms with Crippen molar-refractivity contribution in [2.24, 2.45) is 0 Å². The fraction of sp³-hybridized carbons (Fsp3) is 0.545. The maximum atomic E-state index is 12.1. The van der Waals surface area contributed by atoms with Gasteiger partial charge in [-0.3, -0.25) is 0 Å². The summed E-state index contributed by atoms with van der Waals surface area (Å²) in [7, 11) is -0.792. The predicted octanol–water partition coefficient (Wildman–Crippen LogP) is 0.969. The van der Waals surface area contributed by atoms with Crippen LogP contribution in [-0.4, -0.2) is 47.5 Å². The van der Waals surface area contributed by atoms with Gasteiger partial charge in [-0.15, -0.1) is 11.3 Å². The summed E-state index contributed by atoms with van der Waals surface area (Å²) >= 11 is 0.966. The van der Waals surface area contributed by atoms with Gasteiger partial charge in [0.1, 0.15) is 14.8 Å². The zero-order valence-electron chi connectivity index (χ0n) is 11.6. The number of rotatable bonds is 7. The Kier molecular flexibility index (Phi) is 5.78. The number of ether oxygens (including phenoxy) is 2. The van der Waals surface area contributed by atoms with E-state index in [0.29, 0.717) is 18.2 Å². The number of nitrogen functional groups attached to an aromatic ring is 1.